The number of nitrogens with one attached hydrogen (secondary N) is 1. The molecule has 0 aromatic rings. The van der Waals surface area contributed by atoms with E-state index in [2.05, 4.69) is 5.32 Å². The zero-order valence-corrected chi connectivity index (χ0v) is 7.86. The summed E-state index contributed by atoms with van der Waals surface area (Å²) in [6.07, 6.45) is -3.50. The maximum atomic E-state index is 11.7. The number of alkyl halides is 3. The molecule has 3 N–H and O–H groups in total. The fraction of sp³-hybridized carbons (Fsp3) is 0.875. The number of carbonyl (C=O) groups excluding carboxylic acids is 1. The lowest BCUT2D eigenvalue weighted by atomic mass is 10.2. The summed E-state index contributed by atoms with van der Waals surface area (Å²) in [6, 6.07) is 0. The monoisotopic (exact) mass is 212 g/mol. The summed E-state index contributed by atoms with van der Waals surface area (Å²) in [5.41, 5.74) is 5.22. The van der Waals surface area contributed by atoms with Gasteiger partial charge in [0.05, 0.1) is 0 Å². The third-order valence-electron chi connectivity index (χ3n) is 1.56. The van der Waals surface area contributed by atoms with Gasteiger partial charge >= 0.3 is 6.18 Å². The zero-order chi connectivity index (χ0) is 11.0. The molecule has 0 aliphatic heterocycles. The van der Waals surface area contributed by atoms with Crippen LogP contribution in [-0.4, -0.2) is 25.2 Å². The Kier molecular flexibility index (Phi) is 6.27. The average molecular weight is 212 g/mol. The van der Waals surface area contributed by atoms with Crippen molar-refractivity contribution in [3.63, 3.8) is 0 Å². The van der Waals surface area contributed by atoms with Gasteiger partial charge in [0.15, 0.2) is 0 Å². The van der Waals surface area contributed by atoms with Crippen LogP contribution >= 0.6 is 0 Å². The summed E-state index contributed by atoms with van der Waals surface area (Å²) < 4.78 is 35.0. The minimum Gasteiger partial charge on any atom is -0.356 e. The van der Waals surface area contributed by atoms with Crippen molar-refractivity contribution in [2.75, 3.05) is 13.1 Å². The van der Waals surface area contributed by atoms with E-state index in [4.69, 9.17) is 5.73 Å². The van der Waals surface area contributed by atoms with Crippen LogP contribution in [-0.2, 0) is 4.79 Å². The first-order valence-corrected chi connectivity index (χ1v) is 4.49. The minimum atomic E-state index is -4.42. The highest BCUT2D eigenvalue weighted by Crippen LogP contribution is 2.18. The Morgan fingerprint density at radius 1 is 1.21 bits per heavy atom. The van der Waals surface area contributed by atoms with Gasteiger partial charge in [-0.2, -0.15) is 13.2 Å². The first-order valence-electron chi connectivity index (χ1n) is 4.49. The molecule has 0 saturated carbocycles. The predicted octanol–water partition coefficient (Wildman–Crippen LogP) is 1.18. The van der Waals surface area contributed by atoms with Crippen LogP contribution in [0.5, 0.6) is 0 Å². The molecule has 84 valence electrons. The molecular weight excluding hydrogens is 197 g/mol. The number of amides is 1. The number of rotatable bonds is 6. The quantitative estimate of drug-likeness (QED) is 0.650. The highest BCUT2D eigenvalue weighted by Gasteiger charge is 2.30. The molecule has 0 unspecified atom stereocenters. The number of carbonyl (C=O) groups is 1. The van der Waals surface area contributed by atoms with Crippen molar-refractivity contribution in [3.05, 3.63) is 0 Å². The lowest BCUT2D eigenvalue weighted by Crippen LogP contribution is -2.29. The molecule has 0 spiro atoms. The van der Waals surface area contributed by atoms with Gasteiger partial charge in [0, 0.05) is 6.54 Å². The van der Waals surface area contributed by atoms with E-state index in [1.165, 1.54) is 0 Å². The summed E-state index contributed by atoms with van der Waals surface area (Å²) in [7, 11) is 0. The van der Waals surface area contributed by atoms with E-state index in [0.717, 1.165) is 12.8 Å². The molecule has 0 rings (SSSR count). The summed E-state index contributed by atoms with van der Waals surface area (Å²) >= 11 is 0. The first kappa shape index (κ1) is 13.2. The molecule has 0 fully saturated rings. The molecule has 0 aliphatic rings. The van der Waals surface area contributed by atoms with Crippen LogP contribution in [0, 0.1) is 0 Å². The zero-order valence-electron chi connectivity index (χ0n) is 7.86. The molecule has 14 heavy (non-hydrogen) atoms. The number of halogens is 3. The Bertz CT molecular complexity index is 170. The van der Waals surface area contributed by atoms with Gasteiger partial charge in [0.25, 0.3) is 0 Å². The van der Waals surface area contributed by atoms with Gasteiger partial charge in [-0.05, 0) is 19.4 Å². The van der Waals surface area contributed by atoms with E-state index >= 15 is 0 Å². The number of unbranched alkanes of at least 4 members (excludes halogenated alkanes) is 2. The van der Waals surface area contributed by atoms with Gasteiger partial charge in [0.1, 0.15) is 6.42 Å². The average Bonchev–Trinajstić information content (AvgIpc) is 2.00. The second-order valence-electron chi connectivity index (χ2n) is 2.99. The maximum Gasteiger partial charge on any atom is 0.397 e. The largest absolute Gasteiger partial charge is 0.397 e. The molecule has 0 radical (unpaired) electrons. The van der Waals surface area contributed by atoms with Gasteiger partial charge in [-0.15, -0.1) is 0 Å². The number of nitrogens with two attached hydrogens (primary N) is 1. The Hall–Kier alpha value is -0.780. The minimum absolute atomic E-state index is 0.287. The van der Waals surface area contributed by atoms with E-state index in [-0.39, 0.29) is 6.54 Å². The SMILES string of the molecule is NCCCCCNC(=O)CC(F)(F)F. The van der Waals surface area contributed by atoms with Gasteiger partial charge in [-0.25, -0.2) is 0 Å². The highest BCUT2D eigenvalue weighted by molar-refractivity contribution is 5.76. The second-order valence-corrected chi connectivity index (χ2v) is 2.99. The summed E-state index contributed by atoms with van der Waals surface area (Å²) in [5, 5.41) is 2.20. The van der Waals surface area contributed by atoms with Crippen LogP contribution in [0.25, 0.3) is 0 Å². The van der Waals surface area contributed by atoms with Crippen molar-refractivity contribution in [2.24, 2.45) is 5.73 Å². The van der Waals surface area contributed by atoms with Gasteiger partial charge in [-0.1, -0.05) is 6.42 Å². The molecule has 0 heterocycles. The summed E-state index contributed by atoms with van der Waals surface area (Å²) in [4.78, 5) is 10.6. The van der Waals surface area contributed by atoms with Gasteiger partial charge in [-0.3, -0.25) is 4.79 Å². The Morgan fingerprint density at radius 2 is 1.86 bits per heavy atom. The van der Waals surface area contributed by atoms with Crippen molar-refractivity contribution in [3.8, 4) is 0 Å². The van der Waals surface area contributed by atoms with Gasteiger partial charge < -0.3 is 11.1 Å². The van der Waals surface area contributed by atoms with Crippen molar-refractivity contribution >= 4 is 5.91 Å². The third kappa shape index (κ3) is 9.31. The molecule has 0 saturated heterocycles. The fourth-order valence-corrected chi connectivity index (χ4v) is 0.918. The topological polar surface area (TPSA) is 55.1 Å². The van der Waals surface area contributed by atoms with Gasteiger partial charge in [0.2, 0.25) is 5.91 Å². The molecule has 0 aromatic carbocycles. The van der Waals surface area contributed by atoms with Crippen LogP contribution in [0.3, 0.4) is 0 Å². The highest BCUT2D eigenvalue weighted by atomic mass is 19.4. The summed E-state index contributed by atoms with van der Waals surface area (Å²) in [6.45, 7) is 0.853. The van der Waals surface area contributed by atoms with E-state index in [0.29, 0.717) is 13.0 Å². The summed E-state index contributed by atoms with van der Waals surface area (Å²) in [5.74, 6) is -0.967. The smallest absolute Gasteiger partial charge is 0.356 e. The molecule has 3 nitrogen and oxygen atoms in total. The Balaban J connectivity index is 3.36. The van der Waals surface area contributed by atoms with E-state index in [1.807, 2.05) is 0 Å². The van der Waals surface area contributed by atoms with Crippen molar-refractivity contribution in [2.45, 2.75) is 31.9 Å². The molecule has 6 heteroatoms. The molecule has 0 atom stereocenters. The molecule has 0 aromatic heterocycles. The number of hydrogen-bond acceptors (Lipinski definition) is 2. The molecule has 1 amide bonds. The standard InChI is InChI=1S/C8H15F3N2O/c9-8(10,11)6-7(14)13-5-3-1-2-4-12/h1-6,12H2,(H,13,14). The van der Waals surface area contributed by atoms with E-state index in [9.17, 15) is 18.0 Å². The Morgan fingerprint density at radius 3 is 2.36 bits per heavy atom. The maximum absolute atomic E-state index is 11.7. The lowest BCUT2D eigenvalue weighted by Gasteiger charge is -2.07. The molecular formula is C8H15F3N2O. The van der Waals surface area contributed by atoms with E-state index in [1.54, 1.807) is 0 Å². The van der Waals surface area contributed by atoms with Crippen LogP contribution in [0.15, 0.2) is 0 Å². The molecule has 0 aliphatic carbocycles. The normalized spacial score (nSPS) is 11.4. The van der Waals surface area contributed by atoms with Crippen LogP contribution in [0.1, 0.15) is 25.7 Å². The predicted molar refractivity (Wildman–Crippen MR) is 46.6 cm³/mol. The van der Waals surface area contributed by atoms with Crippen LogP contribution in [0.4, 0.5) is 13.2 Å². The number of hydrogen-bond donors (Lipinski definition) is 2. The first-order chi connectivity index (χ1) is 6.45. The van der Waals surface area contributed by atoms with Crippen molar-refractivity contribution in [1.82, 2.24) is 5.32 Å². The van der Waals surface area contributed by atoms with Crippen molar-refractivity contribution < 1.29 is 18.0 Å². The second kappa shape index (κ2) is 6.64. The fourth-order valence-electron chi connectivity index (χ4n) is 0.918. The third-order valence-corrected chi connectivity index (χ3v) is 1.56. The Labute approximate surface area is 80.8 Å². The van der Waals surface area contributed by atoms with Crippen LogP contribution in [0.2, 0.25) is 0 Å². The van der Waals surface area contributed by atoms with Crippen LogP contribution < -0.4 is 11.1 Å². The van der Waals surface area contributed by atoms with Crippen molar-refractivity contribution in [1.29, 1.82) is 0 Å². The molecule has 0 bridgehead atoms. The van der Waals surface area contributed by atoms with E-state index < -0.39 is 18.5 Å². The lowest BCUT2D eigenvalue weighted by molar-refractivity contribution is -0.153.